The highest BCUT2D eigenvalue weighted by Gasteiger charge is 2.30. The number of hydrogen-bond acceptors (Lipinski definition) is 0. The zero-order valence-electron chi connectivity index (χ0n) is 12.6. The summed E-state index contributed by atoms with van der Waals surface area (Å²) in [5.74, 6) is 1.68. The van der Waals surface area contributed by atoms with Crippen LogP contribution in [-0.4, -0.2) is 0 Å². The van der Waals surface area contributed by atoms with Crippen molar-refractivity contribution in [1.82, 2.24) is 0 Å². The molecular weight excluding hydrogens is 216 g/mol. The lowest BCUT2D eigenvalue weighted by Crippen LogP contribution is -2.11. The van der Waals surface area contributed by atoms with Gasteiger partial charge in [-0.25, -0.2) is 0 Å². The summed E-state index contributed by atoms with van der Waals surface area (Å²) in [6.45, 7) is 7.07. The fourth-order valence-electron chi connectivity index (χ4n) is 4.07. The molecule has 2 atom stereocenters. The molecule has 1 saturated carbocycles. The van der Waals surface area contributed by atoms with Crippen LogP contribution in [0.25, 0.3) is 0 Å². The molecule has 0 spiro atoms. The molecule has 0 aromatic carbocycles. The van der Waals surface area contributed by atoms with E-state index in [4.69, 9.17) is 0 Å². The Labute approximate surface area is 114 Å². The summed E-state index contributed by atoms with van der Waals surface area (Å²) in [7, 11) is 0. The molecule has 0 aromatic rings. The Morgan fingerprint density at radius 1 is 1.06 bits per heavy atom. The first kappa shape index (κ1) is 13.9. The molecule has 0 heteroatoms. The van der Waals surface area contributed by atoms with Gasteiger partial charge >= 0.3 is 0 Å². The van der Waals surface area contributed by atoms with Gasteiger partial charge in [0.2, 0.25) is 0 Å². The van der Waals surface area contributed by atoms with Gasteiger partial charge in [0.05, 0.1) is 0 Å². The van der Waals surface area contributed by atoms with Gasteiger partial charge in [-0.2, -0.15) is 0 Å². The lowest BCUT2D eigenvalue weighted by molar-refractivity contribution is 0.428. The van der Waals surface area contributed by atoms with Gasteiger partial charge in [-0.1, -0.05) is 50.3 Å². The lowest BCUT2D eigenvalue weighted by atomic mass is 9.82. The van der Waals surface area contributed by atoms with Gasteiger partial charge in [-0.05, 0) is 62.9 Å². The maximum atomic E-state index is 2.58. The van der Waals surface area contributed by atoms with E-state index in [0.29, 0.717) is 0 Å². The van der Waals surface area contributed by atoms with Crippen LogP contribution >= 0.6 is 0 Å². The minimum absolute atomic E-state index is 0.829. The molecule has 2 aliphatic rings. The third kappa shape index (κ3) is 2.90. The number of hydrogen-bond donors (Lipinski definition) is 0. The Bertz CT molecular complexity index is 322. The first-order valence-electron chi connectivity index (χ1n) is 8.18. The van der Waals surface area contributed by atoms with Crippen LogP contribution in [0.2, 0.25) is 0 Å². The molecule has 0 N–H and O–H groups in total. The van der Waals surface area contributed by atoms with Gasteiger partial charge in [0, 0.05) is 0 Å². The van der Waals surface area contributed by atoms with E-state index >= 15 is 0 Å². The average Bonchev–Trinajstić information content (AvgIpc) is 2.58. The molecule has 1 fully saturated rings. The van der Waals surface area contributed by atoms with E-state index in [2.05, 4.69) is 26.8 Å². The topological polar surface area (TPSA) is 0 Å². The van der Waals surface area contributed by atoms with Gasteiger partial charge in [0.1, 0.15) is 0 Å². The summed E-state index contributed by atoms with van der Waals surface area (Å²) < 4.78 is 0. The Kier molecular flexibility index (Phi) is 5.09. The molecule has 0 radical (unpaired) electrons. The fraction of sp³-hybridized carbons (Fsp3) is 0.778. The van der Waals surface area contributed by atoms with Gasteiger partial charge in [-0.15, -0.1) is 0 Å². The van der Waals surface area contributed by atoms with Gasteiger partial charge < -0.3 is 0 Å². The molecule has 0 saturated heterocycles. The number of allylic oxidation sites excluding steroid dienone is 4. The molecule has 2 unspecified atom stereocenters. The van der Waals surface area contributed by atoms with Gasteiger partial charge in [0.15, 0.2) is 0 Å². The van der Waals surface area contributed by atoms with Crippen LogP contribution in [0, 0.1) is 11.8 Å². The van der Waals surface area contributed by atoms with Gasteiger partial charge in [0.25, 0.3) is 0 Å². The third-order valence-corrected chi connectivity index (χ3v) is 4.94. The average molecular weight is 246 g/mol. The second-order valence-electron chi connectivity index (χ2n) is 6.25. The van der Waals surface area contributed by atoms with Crippen molar-refractivity contribution in [2.75, 3.05) is 0 Å². The van der Waals surface area contributed by atoms with E-state index in [0.717, 1.165) is 11.8 Å². The Morgan fingerprint density at radius 2 is 1.72 bits per heavy atom. The van der Waals surface area contributed by atoms with Crippen LogP contribution in [-0.2, 0) is 0 Å². The molecule has 2 aliphatic carbocycles. The molecule has 0 amide bonds. The van der Waals surface area contributed by atoms with Crippen LogP contribution in [0.15, 0.2) is 22.8 Å². The fourth-order valence-corrected chi connectivity index (χ4v) is 4.07. The predicted molar refractivity (Wildman–Crippen MR) is 80.7 cm³/mol. The van der Waals surface area contributed by atoms with Crippen molar-refractivity contribution in [1.29, 1.82) is 0 Å². The van der Waals surface area contributed by atoms with Crippen LogP contribution in [0.4, 0.5) is 0 Å². The molecular formula is C18H30. The van der Waals surface area contributed by atoms with Gasteiger partial charge in [-0.3, -0.25) is 0 Å². The summed E-state index contributed by atoms with van der Waals surface area (Å²) in [4.78, 5) is 0. The Morgan fingerprint density at radius 3 is 2.28 bits per heavy atom. The molecule has 0 aromatic heterocycles. The Hall–Kier alpha value is -0.520. The highest BCUT2D eigenvalue weighted by molar-refractivity contribution is 5.42. The molecule has 0 aliphatic heterocycles. The molecule has 0 nitrogen and oxygen atoms in total. The second-order valence-corrected chi connectivity index (χ2v) is 6.25. The highest BCUT2D eigenvalue weighted by atomic mass is 14.3. The SMILES string of the molecule is CCCC1C(=C2CCCCCC2)C(C)=CC1CC. The molecule has 0 heterocycles. The smallest absolute Gasteiger partial charge is 0.00969 e. The monoisotopic (exact) mass is 246 g/mol. The molecule has 102 valence electrons. The van der Waals surface area contributed by atoms with Crippen LogP contribution < -0.4 is 0 Å². The lowest BCUT2D eigenvalue weighted by Gasteiger charge is -2.23. The zero-order valence-corrected chi connectivity index (χ0v) is 12.6. The first-order chi connectivity index (χ1) is 8.77. The van der Waals surface area contributed by atoms with E-state index in [1.807, 2.05) is 5.57 Å². The van der Waals surface area contributed by atoms with E-state index in [1.165, 1.54) is 57.8 Å². The van der Waals surface area contributed by atoms with Crippen molar-refractivity contribution >= 4 is 0 Å². The van der Waals surface area contributed by atoms with Crippen molar-refractivity contribution in [2.45, 2.75) is 78.6 Å². The summed E-state index contributed by atoms with van der Waals surface area (Å²) in [6.07, 6.45) is 15.2. The van der Waals surface area contributed by atoms with Crippen molar-refractivity contribution in [3.63, 3.8) is 0 Å². The highest BCUT2D eigenvalue weighted by Crippen LogP contribution is 2.44. The van der Waals surface area contributed by atoms with Crippen molar-refractivity contribution < 1.29 is 0 Å². The first-order valence-corrected chi connectivity index (χ1v) is 8.18. The normalized spacial score (nSPS) is 29.4. The quantitative estimate of drug-likeness (QED) is 0.532. The summed E-state index contributed by atoms with van der Waals surface area (Å²) in [5.41, 5.74) is 5.25. The minimum atomic E-state index is 0.829. The van der Waals surface area contributed by atoms with Crippen molar-refractivity contribution in [3.8, 4) is 0 Å². The summed E-state index contributed by atoms with van der Waals surface area (Å²) in [6, 6.07) is 0. The van der Waals surface area contributed by atoms with Crippen molar-refractivity contribution in [2.24, 2.45) is 11.8 Å². The summed E-state index contributed by atoms with van der Waals surface area (Å²) in [5, 5.41) is 0. The van der Waals surface area contributed by atoms with E-state index in [9.17, 15) is 0 Å². The molecule has 18 heavy (non-hydrogen) atoms. The third-order valence-electron chi connectivity index (χ3n) is 4.94. The van der Waals surface area contributed by atoms with E-state index in [1.54, 1.807) is 11.1 Å². The standard InChI is InChI=1S/C18H30/c1-4-10-17-15(5-2)13-14(3)18(17)16-11-8-6-7-9-12-16/h13,15,17H,4-12H2,1-3H3. The van der Waals surface area contributed by atoms with Crippen LogP contribution in [0.5, 0.6) is 0 Å². The molecule has 2 rings (SSSR count). The largest absolute Gasteiger partial charge is 0.0776 e. The maximum Gasteiger partial charge on any atom is -0.00969 e. The molecule has 0 bridgehead atoms. The van der Waals surface area contributed by atoms with Crippen LogP contribution in [0.1, 0.15) is 78.6 Å². The Balaban J connectivity index is 2.27. The van der Waals surface area contributed by atoms with Crippen molar-refractivity contribution in [3.05, 3.63) is 22.8 Å². The number of rotatable bonds is 3. The van der Waals surface area contributed by atoms with E-state index < -0.39 is 0 Å². The van der Waals surface area contributed by atoms with E-state index in [-0.39, 0.29) is 0 Å². The summed E-state index contributed by atoms with van der Waals surface area (Å²) >= 11 is 0. The minimum Gasteiger partial charge on any atom is -0.0776 e. The predicted octanol–water partition coefficient (Wildman–Crippen LogP) is 6.04. The van der Waals surface area contributed by atoms with Crippen LogP contribution in [0.3, 0.4) is 0 Å². The zero-order chi connectivity index (χ0) is 13.0. The second kappa shape index (κ2) is 6.59. The maximum absolute atomic E-state index is 2.58.